The smallest absolute Gasteiger partial charge is 0.333 e. The number of rotatable bonds is 1. The van der Waals surface area contributed by atoms with E-state index in [1.807, 2.05) is 11.3 Å². The molecule has 0 atom stereocenters. The average molecular weight is 765 g/mol. The lowest BCUT2D eigenvalue weighted by molar-refractivity contribution is 0.480. The quantitative estimate of drug-likeness (QED) is 0.155. The summed E-state index contributed by atoms with van der Waals surface area (Å²) in [7, 11) is 0. The minimum atomic E-state index is -0.0842. The molecule has 5 heteroatoms. The van der Waals surface area contributed by atoms with Crippen LogP contribution in [0.15, 0.2) is 103 Å². The van der Waals surface area contributed by atoms with E-state index in [1.165, 1.54) is 87.2 Å². The highest BCUT2D eigenvalue weighted by Crippen LogP contribution is 2.60. The van der Waals surface area contributed by atoms with Crippen molar-refractivity contribution in [1.82, 2.24) is 0 Å². The molecule has 0 spiro atoms. The fourth-order valence-corrected chi connectivity index (χ4v) is 10.4. The van der Waals surface area contributed by atoms with Crippen LogP contribution in [-0.2, 0) is 21.7 Å². The van der Waals surface area contributed by atoms with Crippen molar-refractivity contribution in [2.75, 3.05) is 9.71 Å². The maximum Gasteiger partial charge on any atom is 0.333 e. The van der Waals surface area contributed by atoms with Gasteiger partial charge in [0.25, 0.3) is 0 Å². The summed E-state index contributed by atoms with van der Waals surface area (Å²) in [4.78, 5) is 5.23. The molecular weight excluding hydrogens is 711 g/mol. The van der Waals surface area contributed by atoms with Crippen molar-refractivity contribution in [1.29, 1.82) is 0 Å². The van der Waals surface area contributed by atoms with Gasteiger partial charge in [0.1, 0.15) is 5.75 Å². The molecule has 3 nitrogen and oxygen atoms in total. The summed E-state index contributed by atoms with van der Waals surface area (Å²) < 4.78 is 9.79. The number of hydrogen-bond donors (Lipinski definition) is 0. The van der Waals surface area contributed by atoms with Crippen LogP contribution in [-0.4, -0.2) is 6.85 Å². The van der Waals surface area contributed by atoms with E-state index in [4.69, 9.17) is 4.74 Å². The zero-order chi connectivity index (χ0) is 40.1. The fraction of sp³-hybridized carbons (Fsp3) is 0.308. The van der Waals surface area contributed by atoms with Gasteiger partial charge in [0.15, 0.2) is 5.75 Å². The van der Waals surface area contributed by atoms with Crippen LogP contribution >= 0.6 is 11.3 Å². The number of hydrogen-bond acceptors (Lipinski definition) is 4. The van der Waals surface area contributed by atoms with Crippen LogP contribution < -0.4 is 25.4 Å². The Kier molecular flexibility index (Phi) is 7.52. The normalized spacial score (nSPS) is 14.7. The summed E-state index contributed by atoms with van der Waals surface area (Å²) in [5.41, 5.74) is 16.4. The summed E-state index contributed by atoms with van der Waals surface area (Å²) >= 11 is 1.85. The Morgan fingerprint density at radius 3 is 1.82 bits per heavy atom. The second-order valence-electron chi connectivity index (χ2n) is 20.7. The second kappa shape index (κ2) is 11.8. The van der Waals surface area contributed by atoms with Crippen molar-refractivity contribution in [2.45, 2.75) is 105 Å². The molecule has 0 fully saturated rings. The summed E-state index contributed by atoms with van der Waals surface area (Å²) in [5, 5.41) is 2.54. The van der Waals surface area contributed by atoms with E-state index >= 15 is 0 Å². The van der Waals surface area contributed by atoms with Crippen LogP contribution in [0.25, 0.3) is 31.3 Å². The number of fused-ring (bicyclic) bond motifs is 10. The Morgan fingerprint density at radius 2 is 1.14 bits per heavy atom. The lowest BCUT2D eigenvalue weighted by Gasteiger charge is -2.48. The van der Waals surface area contributed by atoms with Gasteiger partial charge in [-0.3, -0.25) is 0 Å². The topological polar surface area (TPSA) is 15.7 Å². The van der Waals surface area contributed by atoms with Gasteiger partial charge in [0.05, 0.1) is 16.1 Å². The van der Waals surface area contributed by atoms with Crippen LogP contribution in [0.2, 0.25) is 0 Å². The number of benzene rings is 6. The fourth-order valence-electron chi connectivity index (χ4n) is 9.26. The van der Waals surface area contributed by atoms with Gasteiger partial charge in [-0.05, 0) is 109 Å². The van der Waals surface area contributed by atoms with Gasteiger partial charge in [0.2, 0.25) is 0 Å². The van der Waals surface area contributed by atoms with Crippen molar-refractivity contribution >= 4 is 77.7 Å². The molecule has 3 aliphatic rings. The molecule has 4 heterocycles. The number of nitrogens with zero attached hydrogens (tertiary/aromatic N) is 2. The molecule has 0 radical (unpaired) electrons. The molecule has 0 bridgehead atoms. The molecule has 286 valence electrons. The van der Waals surface area contributed by atoms with Gasteiger partial charge < -0.3 is 14.4 Å². The summed E-state index contributed by atoms with van der Waals surface area (Å²) in [5.74, 6) is 1.90. The van der Waals surface area contributed by atoms with Gasteiger partial charge in [-0.15, -0.1) is 11.3 Å². The highest BCUT2D eigenvalue weighted by molar-refractivity contribution is 7.26. The SMILES string of the molecule is CC(C)(C)c1ccc(N2c3cc(C(C)(C)C)ccc3B3c4c(cc(C(C)(C)C)cc42)-c2cc4c(sc5ccccc54)c4c2N3c2ccc(C(C)(C)C)cc2O4)cc1. The summed E-state index contributed by atoms with van der Waals surface area (Å²) in [6.07, 6.45) is 0. The van der Waals surface area contributed by atoms with Gasteiger partial charge in [-0.25, -0.2) is 0 Å². The minimum absolute atomic E-state index is 0.0243. The standard InChI is InChI=1S/C52H53BN2OS/c1-49(2,3)30-17-21-34(22-18-30)54-41-26-31(50(4,5)6)19-23-39(41)53-45-36(25-33(27-42(45)54)52(10,11)12)37-29-38-35-15-13-14-16-44(35)57-48(38)47-46(37)55(53)40-24-20-32(51(7,8)9)28-43(40)56-47/h13-29H,1-12H3. The van der Waals surface area contributed by atoms with Crippen molar-refractivity contribution in [3.05, 3.63) is 125 Å². The summed E-state index contributed by atoms with van der Waals surface area (Å²) in [6.45, 7) is 27.7. The highest BCUT2D eigenvalue weighted by atomic mass is 32.1. The first kappa shape index (κ1) is 36.4. The Morgan fingerprint density at radius 1 is 0.526 bits per heavy atom. The molecule has 0 unspecified atom stereocenters. The first-order chi connectivity index (χ1) is 26.8. The van der Waals surface area contributed by atoms with E-state index in [-0.39, 0.29) is 28.5 Å². The zero-order valence-corrected chi connectivity index (χ0v) is 36.4. The number of ether oxygens (including phenoxy) is 1. The Labute approximate surface area is 343 Å². The monoisotopic (exact) mass is 764 g/mol. The van der Waals surface area contributed by atoms with Crippen LogP contribution in [0.4, 0.5) is 28.4 Å². The van der Waals surface area contributed by atoms with E-state index < -0.39 is 0 Å². The lowest BCUT2D eigenvalue weighted by atomic mass is 9.43. The molecule has 6 aromatic carbocycles. The van der Waals surface area contributed by atoms with E-state index in [2.05, 4.69) is 196 Å². The molecule has 0 saturated heterocycles. The van der Waals surface area contributed by atoms with Crippen molar-refractivity contribution in [2.24, 2.45) is 0 Å². The zero-order valence-electron chi connectivity index (χ0n) is 35.6. The third kappa shape index (κ3) is 5.44. The van der Waals surface area contributed by atoms with Gasteiger partial charge >= 0.3 is 6.85 Å². The molecule has 0 amide bonds. The van der Waals surface area contributed by atoms with Crippen molar-refractivity contribution < 1.29 is 4.74 Å². The maximum absolute atomic E-state index is 7.30. The molecule has 3 aliphatic heterocycles. The predicted octanol–water partition coefficient (Wildman–Crippen LogP) is 14.1. The molecule has 10 rings (SSSR count). The molecule has 0 aliphatic carbocycles. The maximum atomic E-state index is 7.30. The van der Waals surface area contributed by atoms with Gasteiger partial charge in [0, 0.05) is 38.1 Å². The molecule has 57 heavy (non-hydrogen) atoms. The Bertz CT molecular complexity index is 2820. The molecule has 1 aromatic heterocycles. The van der Waals surface area contributed by atoms with Crippen LogP contribution in [0.5, 0.6) is 11.5 Å². The van der Waals surface area contributed by atoms with Crippen molar-refractivity contribution in [3.8, 4) is 22.6 Å². The van der Waals surface area contributed by atoms with E-state index in [9.17, 15) is 0 Å². The lowest BCUT2D eigenvalue weighted by Crippen LogP contribution is -2.62. The van der Waals surface area contributed by atoms with E-state index in [0.29, 0.717) is 0 Å². The minimum Gasteiger partial charge on any atom is -0.452 e. The van der Waals surface area contributed by atoms with Gasteiger partial charge in [-0.1, -0.05) is 138 Å². The molecule has 7 aromatic rings. The molecule has 0 N–H and O–H groups in total. The van der Waals surface area contributed by atoms with E-state index in [0.717, 1.165) is 17.2 Å². The van der Waals surface area contributed by atoms with Crippen LogP contribution in [0, 0.1) is 0 Å². The number of thiophene rings is 1. The highest BCUT2D eigenvalue weighted by Gasteiger charge is 2.49. The third-order valence-electron chi connectivity index (χ3n) is 12.6. The average Bonchev–Trinajstić information content (AvgIpc) is 3.52. The van der Waals surface area contributed by atoms with Crippen LogP contribution in [0.3, 0.4) is 0 Å². The Balaban J connectivity index is 1.36. The van der Waals surface area contributed by atoms with Crippen LogP contribution in [0.1, 0.15) is 105 Å². The van der Waals surface area contributed by atoms with E-state index in [1.54, 1.807) is 0 Å². The number of anilines is 5. The first-order valence-electron chi connectivity index (χ1n) is 20.6. The van der Waals surface area contributed by atoms with Gasteiger partial charge in [-0.2, -0.15) is 0 Å². The molecular formula is C52H53BN2OS. The predicted molar refractivity (Wildman–Crippen MR) is 248 cm³/mol. The Hall–Kier alpha value is -5.00. The molecule has 0 saturated carbocycles. The second-order valence-corrected chi connectivity index (χ2v) is 21.8. The first-order valence-corrected chi connectivity index (χ1v) is 21.4. The third-order valence-corrected chi connectivity index (χ3v) is 13.8. The van der Waals surface area contributed by atoms with Crippen molar-refractivity contribution in [3.63, 3.8) is 0 Å². The largest absolute Gasteiger partial charge is 0.452 e. The summed E-state index contributed by atoms with van der Waals surface area (Å²) in [6, 6.07) is 39.9.